The van der Waals surface area contributed by atoms with Crippen molar-refractivity contribution in [3.63, 3.8) is 0 Å². The van der Waals surface area contributed by atoms with Crippen molar-refractivity contribution in [2.75, 3.05) is 13.1 Å². The molecule has 0 aliphatic carbocycles. The molecule has 0 bridgehead atoms. The Morgan fingerprint density at radius 1 is 0.931 bits per heavy atom. The summed E-state index contributed by atoms with van der Waals surface area (Å²) in [4.78, 5) is 12.4. The Bertz CT molecular complexity index is 1000. The number of hydrogen-bond acceptors (Lipinski definition) is 4. The summed E-state index contributed by atoms with van der Waals surface area (Å²) in [5.41, 5.74) is 0.698. The summed E-state index contributed by atoms with van der Waals surface area (Å²) in [5.74, 6) is -0.667. The SMILES string of the molecule is O=C(OCc1ccc(Cl)cc1Cl)c1ccc(Cl)c(S(=O)(=O)N2CCCCCC2)c1. The number of ether oxygens (including phenoxy) is 1. The van der Waals surface area contributed by atoms with Crippen LogP contribution in [0.25, 0.3) is 0 Å². The van der Waals surface area contributed by atoms with Gasteiger partial charge in [0.05, 0.1) is 10.6 Å². The minimum absolute atomic E-state index is 0.0638. The Kier molecular flexibility index (Phi) is 7.46. The van der Waals surface area contributed by atoms with Crippen molar-refractivity contribution >= 4 is 50.8 Å². The Morgan fingerprint density at radius 2 is 1.62 bits per heavy atom. The van der Waals surface area contributed by atoms with Gasteiger partial charge in [0.15, 0.2) is 0 Å². The standard InChI is InChI=1S/C20H20Cl3NO4S/c21-16-7-5-15(18(23)12-16)13-28-20(25)14-6-8-17(22)19(11-14)29(26,27)24-9-3-1-2-4-10-24/h5-8,11-12H,1-4,9-10,13H2. The zero-order chi connectivity index (χ0) is 21.0. The molecule has 0 amide bonds. The summed E-state index contributed by atoms with van der Waals surface area (Å²) in [6.45, 7) is 0.830. The van der Waals surface area contributed by atoms with E-state index in [0.717, 1.165) is 25.7 Å². The maximum atomic E-state index is 13.1. The van der Waals surface area contributed by atoms with Crippen LogP contribution >= 0.6 is 34.8 Å². The molecule has 3 rings (SSSR count). The van der Waals surface area contributed by atoms with Crippen LogP contribution < -0.4 is 0 Å². The van der Waals surface area contributed by atoms with E-state index < -0.39 is 16.0 Å². The number of carbonyl (C=O) groups excluding carboxylic acids is 1. The largest absolute Gasteiger partial charge is 0.457 e. The molecule has 0 saturated carbocycles. The first-order valence-electron chi connectivity index (χ1n) is 9.20. The summed E-state index contributed by atoms with van der Waals surface area (Å²) >= 11 is 18.1. The van der Waals surface area contributed by atoms with E-state index in [1.165, 1.54) is 22.5 Å². The highest BCUT2D eigenvalue weighted by Gasteiger charge is 2.28. The second-order valence-corrected chi connectivity index (χ2v) is 9.93. The van der Waals surface area contributed by atoms with Gasteiger partial charge >= 0.3 is 5.97 Å². The van der Waals surface area contributed by atoms with Gasteiger partial charge in [-0.15, -0.1) is 0 Å². The van der Waals surface area contributed by atoms with Crippen LogP contribution in [0.1, 0.15) is 41.6 Å². The zero-order valence-corrected chi connectivity index (χ0v) is 18.6. The minimum Gasteiger partial charge on any atom is -0.457 e. The first-order chi connectivity index (χ1) is 13.8. The Labute approximate surface area is 185 Å². The van der Waals surface area contributed by atoms with Gasteiger partial charge in [0.1, 0.15) is 11.5 Å². The van der Waals surface area contributed by atoms with Gasteiger partial charge in [-0.25, -0.2) is 13.2 Å². The molecule has 29 heavy (non-hydrogen) atoms. The van der Waals surface area contributed by atoms with Gasteiger partial charge < -0.3 is 4.74 Å². The number of rotatable bonds is 5. The Morgan fingerprint density at radius 3 is 2.28 bits per heavy atom. The van der Waals surface area contributed by atoms with Crippen molar-refractivity contribution < 1.29 is 17.9 Å². The average molecular weight is 477 g/mol. The summed E-state index contributed by atoms with van der Waals surface area (Å²) in [6.07, 6.45) is 3.61. The van der Waals surface area contributed by atoms with Crippen LogP contribution in [0.2, 0.25) is 15.1 Å². The number of benzene rings is 2. The Hall–Kier alpha value is -1.31. The van der Waals surface area contributed by atoms with Gasteiger partial charge in [0.2, 0.25) is 10.0 Å². The molecule has 0 radical (unpaired) electrons. The molecule has 156 valence electrons. The van der Waals surface area contributed by atoms with Crippen LogP contribution in [-0.4, -0.2) is 31.8 Å². The van der Waals surface area contributed by atoms with Gasteiger partial charge in [0.25, 0.3) is 0 Å². The summed E-state index contributed by atoms with van der Waals surface area (Å²) < 4.78 is 32.8. The predicted molar refractivity (Wildman–Crippen MR) is 114 cm³/mol. The fourth-order valence-corrected chi connectivity index (χ4v) is 5.60. The molecule has 9 heteroatoms. The topological polar surface area (TPSA) is 63.7 Å². The number of esters is 1. The number of carbonyl (C=O) groups is 1. The molecule has 1 heterocycles. The van der Waals surface area contributed by atoms with E-state index in [4.69, 9.17) is 39.5 Å². The maximum Gasteiger partial charge on any atom is 0.338 e. The lowest BCUT2D eigenvalue weighted by molar-refractivity contribution is 0.0472. The third-order valence-corrected chi connectivity index (χ3v) is 7.69. The molecule has 2 aromatic carbocycles. The van der Waals surface area contributed by atoms with Gasteiger partial charge in [-0.1, -0.05) is 53.7 Å². The number of nitrogens with zero attached hydrogens (tertiary/aromatic N) is 1. The van der Waals surface area contributed by atoms with Crippen molar-refractivity contribution in [3.05, 3.63) is 62.6 Å². The van der Waals surface area contributed by atoms with E-state index in [9.17, 15) is 13.2 Å². The number of sulfonamides is 1. The molecule has 1 saturated heterocycles. The fraction of sp³-hybridized carbons (Fsp3) is 0.350. The molecular formula is C20H20Cl3NO4S. The highest BCUT2D eigenvalue weighted by molar-refractivity contribution is 7.89. The monoisotopic (exact) mass is 475 g/mol. The van der Waals surface area contributed by atoms with Crippen molar-refractivity contribution in [2.45, 2.75) is 37.2 Å². The van der Waals surface area contributed by atoms with Gasteiger partial charge in [-0.2, -0.15) is 4.31 Å². The zero-order valence-electron chi connectivity index (χ0n) is 15.5. The second kappa shape index (κ2) is 9.67. The van der Waals surface area contributed by atoms with Crippen LogP contribution in [0.5, 0.6) is 0 Å². The molecule has 2 aromatic rings. The molecule has 0 aromatic heterocycles. The molecule has 0 atom stereocenters. The lowest BCUT2D eigenvalue weighted by Crippen LogP contribution is -2.32. The molecular weight excluding hydrogens is 457 g/mol. The van der Waals surface area contributed by atoms with Crippen LogP contribution in [0, 0.1) is 0 Å². The highest BCUT2D eigenvalue weighted by atomic mass is 35.5. The summed E-state index contributed by atoms with van der Waals surface area (Å²) in [7, 11) is -3.79. The first kappa shape index (κ1) is 22.4. The van der Waals surface area contributed by atoms with Gasteiger partial charge in [0, 0.05) is 28.7 Å². The molecule has 0 N–H and O–H groups in total. The van der Waals surface area contributed by atoms with Crippen molar-refractivity contribution in [1.29, 1.82) is 0 Å². The van der Waals surface area contributed by atoms with Crippen LogP contribution in [0.15, 0.2) is 41.3 Å². The highest BCUT2D eigenvalue weighted by Crippen LogP contribution is 2.28. The Balaban J connectivity index is 1.79. The predicted octanol–water partition coefficient (Wildman–Crippen LogP) is 5.57. The smallest absolute Gasteiger partial charge is 0.338 e. The normalized spacial score (nSPS) is 15.7. The van der Waals surface area contributed by atoms with Crippen molar-refractivity contribution in [1.82, 2.24) is 4.31 Å². The van der Waals surface area contributed by atoms with Crippen molar-refractivity contribution in [2.24, 2.45) is 0 Å². The van der Waals surface area contributed by atoms with Gasteiger partial charge in [-0.05, 0) is 43.2 Å². The first-order valence-corrected chi connectivity index (χ1v) is 11.8. The van der Waals surface area contributed by atoms with Crippen molar-refractivity contribution in [3.8, 4) is 0 Å². The average Bonchev–Trinajstić information content (AvgIpc) is 2.97. The van der Waals surface area contributed by atoms with Crippen LogP contribution in [0.4, 0.5) is 0 Å². The van der Waals surface area contributed by atoms with E-state index in [1.807, 2.05) is 0 Å². The lowest BCUT2D eigenvalue weighted by Gasteiger charge is -2.21. The molecule has 5 nitrogen and oxygen atoms in total. The summed E-state index contributed by atoms with van der Waals surface area (Å²) in [5, 5.41) is 0.934. The van der Waals surface area contributed by atoms with E-state index in [-0.39, 0.29) is 22.1 Å². The third-order valence-electron chi connectivity index (χ3n) is 4.72. The molecule has 0 spiro atoms. The lowest BCUT2D eigenvalue weighted by atomic mass is 10.2. The van der Waals surface area contributed by atoms with Gasteiger partial charge in [-0.3, -0.25) is 0 Å². The molecule has 1 fully saturated rings. The molecule has 0 unspecified atom stereocenters. The quantitative estimate of drug-likeness (QED) is 0.529. The van der Waals surface area contributed by atoms with E-state index in [0.29, 0.717) is 28.7 Å². The number of hydrogen-bond donors (Lipinski definition) is 0. The number of halogens is 3. The second-order valence-electron chi connectivity index (χ2n) is 6.78. The minimum atomic E-state index is -3.79. The van der Waals surface area contributed by atoms with E-state index in [1.54, 1.807) is 18.2 Å². The fourth-order valence-electron chi connectivity index (χ4n) is 3.11. The summed E-state index contributed by atoms with van der Waals surface area (Å²) in [6, 6.07) is 8.97. The maximum absolute atomic E-state index is 13.1. The molecule has 1 aliphatic rings. The van der Waals surface area contributed by atoms with Crippen LogP contribution in [-0.2, 0) is 21.4 Å². The van der Waals surface area contributed by atoms with E-state index >= 15 is 0 Å². The third kappa shape index (κ3) is 5.44. The van der Waals surface area contributed by atoms with Crippen LogP contribution in [0.3, 0.4) is 0 Å². The molecule has 1 aliphatic heterocycles. The van der Waals surface area contributed by atoms with E-state index in [2.05, 4.69) is 0 Å².